The van der Waals surface area contributed by atoms with Crippen LogP contribution < -0.4 is 5.73 Å². The molecule has 1 aliphatic rings. The van der Waals surface area contributed by atoms with Gasteiger partial charge in [-0.25, -0.2) is 0 Å². The lowest BCUT2D eigenvalue weighted by atomic mass is 9.86. The average Bonchev–Trinajstić information content (AvgIpc) is 2.40. The van der Waals surface area contributed by atoms with Crippen LogP contribution in [0, 0.1) is 5.92 Å². The lowest BCUT2D eigenvalue weighted by molar-refractivity contribution is -0.151. The van der Waals surface area contributed by atoms with Gasteiger partial charge >= 0.3 is 0 Å². The lowest BCUT2D eigenvalue weighted by Crippen LogP contribution is -2.34. The smallest absolute Gasteiger partial charge is 0.159 e. The molecule has 0 aromatic carbocycles. The maximum Gasteiger partial charge on any atom is 0.159 e. The molecule has 0 saturated heterocycles. The molecule has 4 nitrogen and oxygen atoms in total. The summed E-state index contributed by atoms with van der Waals surface area (Å²) < 4.78 is 17.0. The maximum absolute atomic E-state index is 5.97. The molecule has 0 aromatic heterocycles. The molecule has 108 valence electrons. The van der Waals surface area contributed by atoms with Gasteiger partial charge in [-0.1, -0.05) is 12.8 Å². The van der Waals surface area contributed by atoms with Crippen LogP contribution in [0.25, 0.3) is 0 Å². The molecule has 0 bridgehead atoms. The molecule has 2 N–H and O–H groups in total. The molecule has 0 radical (unpaired) electrons. The fraction of sp³-hybridized carbons (Fsp3) is 1.00. The highest BCUT2D eigenvalue weighted by Crippen LogP contribution is 2.26. The third kappa shape index (κ3) is 5.65. The highest BCUT2D eigenvalue weighted by atomic mass is 16.7. The van der Waals surface area contributed by atoms with E-state index in [1.54, 1.807) is 0 Å². The second-order valence-corrected chi connectivity index (χ2v) is 4.82. The molecule has 18 heavy (non-hydrogen) atoms. The van der Waals surface area contributed by atoms with Crippen LogP contribution in [-0.4, -0.2) is 38.8 Å². The fourth-order valence-electron chi connectivity index (χ4n) is 2.56. The highest BCUT2D eigenvalue weighted by Gasteiger charge is 2.24. The van der Waals surface area contributed by atoms with Gasteiger partial charge in [-0.2, -0.15) is 0 Å². The lowest BCUT2D eigenvalue weighted by Gasteiger charge is -2.31. The minimum Gasteiger partial charge on any atom is -0.378 e. The van der Waals surface area contributed by atoms with Gasteiger partial charge in [0, 0.05) is 19.6 Å². The first-order chi connectivity index (χ1) is 8.81. The van der Waals surface area contributed by atoms with Crippen LogP contribution in [-0.2, 0) is 14.2 Å². The molecule has 2 unspecified atom stereocenters. The van der Waals surface area contributed by atoms with Gasteiger partial charge in [0.1, 0.15) is 0 Å². The Hall–Kier alpha value is -0.160. The van der Waals surface area contributed by atoms with Gasteiger partial charge in [0.05, 0.1) is 12.7 Å². The van der Waals surface area contributed by atoms with Gasteiger partial charge in [-0.15, -0.1) is 0 Å². The Bertz CT molecular complexity index is 195. The minimum absolute atomic E-state index is 0.125. The largest absolute Gasteiger partial charge is 0.378 e. The predicted octanol–water partition coefficient (Wildman–Crippen LogP) is 2.31. The normalized spacial score (nSPS) is 24.7. The van der Waals surface area contributed by atoms with Crippen LogP contribution in [0.1, 0.15) is 46.0 Å². The fourth-order valence-corrected chi connectivity index (χ4v) is 2.56. The Balaban J connectivity index is 2.21. The highest BCUT2D eigenvalue weighted by molar-refractivity contribution is 4.76. The van der Waals surface area contributed by atoms with Crippen molar-refractivity contribution < 1.29 is 14.2 Å². The van der Waals surface area contributed by atoms with E-state index in [9.17, 15) is 0 Å². The molecule has 1 saturated carbocycles. The van der Waals surface area contributed by atoms with Crippen molar-refractivity contribution in [2.24, 2.45) is 11.7 Å². The van der Waals surface area contributed by atoms with Crippen LogP contribution in [0.2, 0.25) is 0 Å². The SMILES string of the molecule is CCOC(CCOC1CCCCC1CN)OCC. The van der Waals surface area contributed by atoms with Gasteiger partial charge in [-0.3, -0.25) is 0 Å². The number of hydrogen-bond donors (Lipinski definition) is 1. The number of rotatable bonds is 9. The first kappa shape index (κ1) is 15.9. The molecule has 0 spiro atoms. The van der Waals surface area contributed by atoms with Gasteiger partial charge < -0.3 is 19.9 Å². The van der Waals surface area contributed by atoms with Crippen LogP contribution in [0.15, 0.2) is 0 Å². The van der Waals surface area contributed by atoms with Crippen molar-refractivity contribution >= 4 is 0 Å². The molecular formula is C14H29NO3. The van der Waals surface area contributed by atoms with E-state index < -0.39 is 0 Å². The standard InChI is InChI=1S/C14H29NO3/c1-3-16-14(17-4-2)9-10-18-13-8-6-5-7-12(13)11-15/h12-14H,3-11,15H2,1-2H3. The Morgan fingerprint density at radius 3 is 2.39 bits per heavy atom. The second kappa shape index (κ2) is 9.73. The molecule has 1 rings (SSSR count). The summed E-state index contributed by atoms with van der Waals surface area (Å²) in [6, 6.07) is 0. The average molecular weight is 259 g/mol. The zero-order valence-electron chi connectivity index (χ0n) is 11.9. The van der Waals surface area contributed by atoms with Crippen molar-refractivity contribution in [1.82, 2.24) is 0 Å². The van der Waals surface area contributed by atoms with Crippen molar-refractivity contribution in [3.63, 3.8) is 0 Å². The zero-order chi connectivity index (χ0) is 13.2. The molecule has 2 atom stereocenters. The van der Waals surface area contributed by atoms with Crippen molar-refractivity contribution in [3.05, 3.63) is 0 Å². The van der Waals surface area contributed by atoms with E-state index in [1.807, 2.05) is 13.8 Å². The van der Waals surface area contributed by atoms with E-state index in [1.165, 1.54) is 19.3 Å². The third-order valence-electron chi connectivity index (χ3n) is 3.53. The summed E-state index contributed by atoms with van der Waals surface area (Å²) in [5.41, 5.74) is 5.79. The quantitative estimate of drug-likeness (QED) is 0.646. The summed E-state index contributed by atoms with van der Waals surface area (Å²) in [6.45, 7) is 6.77. The van der Waals surface area contributed by atoms with Crippen LogP contribution in [0.5, 0.6) is 0 Å². The summed E-state index contributed by atoms with van der Waals surface area (Å²) in [5, 5.41) is 0. The molecular weight excluding hydrogens is 230 g/mol. The number of nitrogens with two attached hydrogens (primary N) is 1. The zero-order valence-corrected chi connectivity index (χ0v) is 11.9. The Morgan fingerprint density at radius 2 is 1.78 bits per heavy atom. The topological polar surface area (TPSA) is 53.7 Å². The Labute approximate surface area is 111 Å². The van der Waals surface area contributed by atoms with Crippen molar-refractivity contribution in [2.75, 3.05) is 26.4 Å². The second-order valence-electron chi connectivity index (χ2n) is 4.82. The number of ether oxygens (including phenoxy) is 3. The first-order valence-electron chi connectivity index (χ1n) is 7.36. The molecule has 0 aromatic rings. The summed E-state index contributed by atoms with van der Waals surface area (Å²) in [5.74, 6) is 0.538. The molecule has 0 aliphatic heterocycles. The van der Waals surface area contributed by atoms with E-state index >= 15 is 0 Å². The first-order valence-corrected chi connectivity index (χ1v) is 7.36. The predicted molar refractivity (Wildman–Crippen MR) is 72.4 cm³/mol. The van der Waals surface area contributed by atoms with Crippen molar-refractivity contribution in [3.8, 4) is 0 Å². The monoisotopic (exact) mass is 259 g/mol. The van der Waals surface area contributed by atoms with Crippen molar-refractivity contribution in [1.29, 1.82) is 0 Å². The summed E-state index contributed by atoms with van der Waals surface area (Å²) in [7, 11) is 0. The van der Waals surface area contributed by atoms with E-state index in [0.717, 1.165) is 19.4 Å². The molecule has 4 heteroatoms. The van der Waals surface area contributed by atoms with E-state index in [0.29, 0.717) is 31.8 Å². The van der Waals surface area contributed by atoms with Gasteiger partial charge in [0.25, 0.3) is 0 Å². The molecule has 1 aliphatic carbocycles. The van der Waals surface area contributed by atoms with Gasteiger partial charge in [0.15, 0.2) is 6.29 Å². The van der Waals surface area contributed by atoms with Gasteiger partial charge in [0.2, 0.25) is 0 Å². The minimum atomic E-state index is -0.125. The van der Waals surface area contributed by atoms with Crippen LogP contribution in [0.3, 0.4) is 0 Å². The maximum atomic E-state index is 5.97. The third-order valence-corrected chi connectivity index (χ3v) is 3.53. The molecule has 0 heterocycles. The molecule has 1 fully saturated rings. The Kier molecular flexibility index (Phi) is 8.59. The summed E-state index contributed by atoms with van der Waals surface area (Å²) in [4.78, 5) is 0. The van der Waals surface area contributed by atoms with E-state index in [4.69, 9.17) is 19.9 Å². The van der Waals surface area contributed by atoms with Crippen LogP contribution >= 0.6 is 0 Å². The summed E-state index contributed by atoms with van der Waals surface area (Å²) >= 11 is 0. The van der Waals surface area contributed by atoms with E-state index in [2.05, 4.69) is 0 Å². The Morgan fingerprint density at radius 1 is 1.11 bits per heavy atom. The van der Waals surface area contributed by atoms with Gasteiger partial charge in [-0.05, 0) is 39.2 Å². The summed E-state index contributed by atoms with van der Waals surface area (Å²) in [6.07, 6.45) is 5.93. The molecule has 0 amide bonds. The van der Waals surface area contributed by atoms with E-state index in [-0.39, 0.29) is 6.29 Å². The van der Waals surface area contributed by atoms with Crippen molar-refractivity contribution in [2.45, 2.75) is 58.3 Å². The van der Waals surface area contributed by atoms with Crippen LogP contribution in [0.4, 0.5) is 0 Å². The number of hydrogen-bond acceptors (Lipinski definition) is 4.